The molecule has 0 amide bonds. The van der Waals surface area contributed by atoms with Crippen LogP contribution in [0.1, 0.15) is 62.1 Å². The number of ether oxygens (including phenoxy) is 2. The maximum Gasteiger partial charge on any atom is 0.139 e. The molecule has 6 atom stereocenters. The highest BCUT2D eigenvalue weighted by molar-refractivity contribution is 5.81. The number of ketones is 1. The summed E-state index contributed by atoms with van der Waals surface area (Å²) >= 11 is 0. The highest BCUT2D eigenvalue weighted by atomic mass is 16.6. The van der Waals surface area contributed by atoms with E-state index in [1.807, 2.05) is 7.11 Å². The van der Waals surface area contributed by atoms with Crippen LogP contribution in [0, 0.1) is 24.2 Å². The van der Waals surface area contributed by atoms with Crippen molar-refractivity contribution in [1.29, 1.82) is 0 Å². The van der Waals surface area contributed by atoms with Crippen molar-refractivity contribution in [3.8, 4) is 5.75 Å². The molecule has 8 rings (SSSR count). The molecule has 4 nitrogen and oxygen atoms in total. The number of likely N-dealkylation sites (tertiary alicyclic amines) is 1. The monoisotopic (exact) mass is 407 g/mol. The smallest absolute Gasteiger partial charge is 0.139 e. The standard InChI is InChI=1S/C26H33NO3/c1-15-4-7-18-12-20-24-8-9-26(29-3,19(13-24)16(2)28)23-25(24,21(18)22(15)30-23)10-11-27(20)14-17-5-6-17/h4,7,17,19-20,23H,5-6,8-14H2,1-3H3/t19-,20-,23?,24-,25+,26-/m1/s1. The van der Waals surface area contributed by atoms with Crippen LogP contribution >= 0.6 is 0 Å². The molecule has 4 bridgehead atoms. The van der Waals surface area contributed by atoms with E-state index >= 15 is 0 Å². The second-order valence-electron chi connectivity index (χ2n) is 11.3. The van der Waals surface area contributed by atoms with E-state index in [9.17, 15) is 4.79 Å². The first-order valence-electron chi connectivity index (χ1n) is 12.1. The Morgan fingerprint density at radius 2 is 2.10 bits per heavy atom. The van der Waals surface area contributed by atoms with E-state index in [-0.39, 0.29) is 22.9 Å². The van der Waals surface area contributed by atoms with Crippen molar-refractivity contribution in [3.63, 3.8) is 0 Å². The van der Waals surface area contributed by atoms with E-state index in [2.05, 4.69) is 24.0 Å². The lowest BCUT2D eigenvalue weighted by molar-refractivity contribution is -0.271. The molecule has 0 N–H and O–H groups in total. The molecule has 30 heavy (non-hydrogen) atoms. The second kappa shape index (κ2) is 5.50. The Balaban J connectivity index is 1.49. The molecule has 1 aromatic carbocycles. The fourth-order valence-electron chi connectivity index (χ4n) is 9.02. The van der Waals surface area contributed by atoms with Gasteiger partial charge < -0.3 is 9.47 Å². The highest BCUT2D eigenvalue weighted by Crippen LogP contribution is 2.76. The Kier molecular flexibility index (Phi) is 3.34. The van der Waals surface area contributed by atoms with Crippen LogP contribution in [0.25, 0.3) is 0 Å². The van der Waals surface area contributed by atoms with Crippen molar-refractivity contribution < 1.29 is 14.3 Å². The summed E-state index contributed by atoms with van der Waals surface area (Å²) in [5, 5.41) is 0. The lowest BCUT2D eigenvalue weighted by atomic mass is 9.34. The summed E-state index contributed by atoms with van der Waals surface area (Å²) in [6.07, 6.45) is 8.16. The van der Waals surface area contributed by atoms with Gasteiger partial charge in [-0.15, -0.1) is 0 Å². The summed E-state index contributed by atoms with van der Waals surface area (Å²) in [4.78, 5) is 15.8. The van der Waals surface area contributed by atoms with Crippen molar-refractivity contribution >= 4 is 5.78 Å². The van der Waals surface area contributed by atoms with Crippen molar-refractivity contribution in [3.05, 3.63) is 28.8 Å². The lowest BCUT2D eigenvalue weighted by Gasteiger charge is -2.73. The molecule has 7 aliphatic rings. The predicted molar refractivity (Wildman–Crippen MR) is 114 cm³/mol. The van der Waals surface area contributed by atoms with Gasteiger partial charge in [0, 0.05) is 36.1 Å². The van der Waals surface area contributed by atoms with Gasteiger partial charge in [-0.1, -0.05) is 12.1 Å². The van der Waals surface area contributed by atoms with Crippen molar-refractivity contribution in [2.75, 3.05) is 20.2 Å². The molecule has 1 unspecified atom stereocenters. The maximum atomic E-state index is 13.0. The van der Waals surface area contributed by atoms with Gasteiger partial charge >= 0.3 is 0 Å². The van der Waals surface area contributed by atoms with Crippen LogP contribution in [-0.4, -0.2) is 48.6 Å². The molecule has 2 aliphatic heterocycles. The van der Waals surface area contributed by atoms with Crippen LogP contribution in [-0.2, 0) is 21.4 Å². The number of methoxy groups -OCH3 is 1. The SMILES string of the molecule is CO[C@]12CC[C@@]3(C[C@@H]1C(C)=O)[C@H]1Cc4ccc(C)c5c4[C@@]3(CCN1CC1CC1)C2O5. The van der Waals surface area contributed by atoms with Crippen molar-refractivity contribution in [1.82, 2.24) is 4.90 Å². The lowest BCUT2D eigenvalue weighted by Crippen LogP contribution is -2.81. The molecule has 1 saturated heterocycles. The number of piperidine rings is 1. The maximum absolute atomic E-state index is 13.0. The van der Waals surface area contributed by atoms with Crippen molar-refractivity contribution in [2.45, 2.75) is 82.0 Å². The normalized spacial score (nSPS) is 45.2. The van der Waals surface area contributed by atoms with E-state index in [1.165, 1.54) is 49.0 Å². The minimum atomic E-state index is -0.475. The molecule has 4 saturated carbocycles. The molecule has 4 heteroatoms. The Morgan fingerprint density at radius 1 is 1.27 bits per heavy atom. The second-order valence-corrected chi connectivity index (χ2v) is 11.3. The van der Waals surface area contributed by atoms with Gasteiger partial charge in [0.15, 0.2) is 0 Å². The van der Waals surface area contributed by atoms with Crippen molar-refractivity contribution in [2.24, 2.45) is 17.3 Å². The van der Waals surface area contributed by atoms with Gasteiger partial charge in [-0.25, -0.2) is 0 Å². The third kappa shape index (κ3) is 1.79. The number of fused-ring (bicyclic) bond motifs is 2. The molecule has 2 heterocycles. The molecule has 2 spiro atoms. The Morgan fingerprint density at radius 3 is 2.83 bits per heavy atom. The topological polar surface area (TPSA) is 38.8 Å². The first kappa shape index (κ1) is 18.2. The zero-order valence-corrected chi connectivity index (χ0v) is 18.5. The molecule has 0 radical (unpaired) electrons. The molecule has 5 fully saturated rings. The number of nitrogens with zero attached hydrogens (tertiary/aromatic N) is 1. The number of rotatable bonds is 4. The molecule has 5 aliphatic carbocycles. The van der Waals surface area contributed by atoms with E-state index in [0.29, 0.717) is 11.8 Å². The Bertz CT molecular complexity index is 969. The molecule has 1 aromatic rings. The van der Waals surface area contributed by atoms with Gasteiger partial charge in [0.25, 0.3) is 0 Å². The van der Waals surface area contributed by atoms with Crippen LogP contribution in [0.15, 0.2) is 12.1 Å². The van der Waals surface area contributed by atoms with E-state index in [4.69, 9.17) is 9.47 Å². The van der Waals surface area contributed by atoms with Crippen LogP contribution in [0.5, 0.6) is 5.75 Å². The summed E-state index contributed by atoms with van der Waals surface area (Å²) < 4.78 is 13.3. The quantitative estimate of drug-likeness (QED) is 0.761. The van der Waals surface area contributed by atoms with Gasteiger partial charge in [-0.2, -0.15) is 0 Å². The molecule has 160 valence electrons. The molecular weight excluding hydrogens is 374 g/mol. The minimum absolute atomic E-state index is 0.0207. The van der Waals surface area contributed by atoms with Gasteiger partial charge in [0.2, 0.25) is 0 Å². The van der Waals surface area contributed by atoms with Crippen LogP contribution in [0.4, 0.5) is 0 Å². The third-order valence-electron chi connectivity index (χ3n) is 10.4. The number of hydrogen-bond acceptors (Lipinski definition) is 4. The minimum Gasteiger partial charge on any atom is -0.486 e. The van der Waals surface area contributed by atoms with Crippen LogP contribution in [0.2, 0.25) is 0 Å². The number of benzene rings is 1. The average molecular weight is 408 g/mol. The first-order chi connectivity index (χ1) is 14.5. The number of Topliss-reactive ketones (excluding diaryl/α,β-unsaturated/α-hetero) is 1. The number of hydrogen-bond donors (Lipinski definition) is 0. The van der Waals surface area contributed by atoms with Gasteiger partial charge in [0.05, 0.1) is 5.92 Å². The van der Waals surface area contributed by atoms with E-state index in [1.54, 1.807) is 6.92 Å². The fourth-order valence-corrected chi connectivity index (χ4v) is 9.02. The van der Waals surface area contributed by atoms with Gasteiger partial charge in [0.1, 0.15) is 23.2 Å². The predicted octanol–water partition coefficient (Wildman–Crippen LogP) is 3.81. The zero-order chi connectivity index (χ0) is 20.5. The van der Waals surface area contributed by atoms with Gasteiger partial charge in [-0.3, -0.25) is 9.69 Å². The molecule has 0 aromatic heterocycles. The van der Waals surface area contributed by atoms with Gasteiger partial charge in [-0.05, 0) is 82.4 Å². The number of carbonyl (C=O) groups is 1. The number of aryl methyl sites for hydroxylation is 1. The van der Waals surface area contributed by atoms with E-state index in [0.717, 1.165) is 37.4 Å². The average Bonchev–Trinajstić information content (AvgIpc) is 3.48. The fraction of sp³-hybridized carbons (Fsp3) is 0.731. The molecular formula is C26H33NO3. The summed E-state index contributed by atoms with van der Waals surface area (Å²) in [6.45, 7) is 6.39. The Hall–Kier alpha value is -1.39. The Labute approximate surface area is 179 Å². The summed E-state index contributed by atoms with van der Waals surface area (Å²) in [5.74, 6) is 2.27. The summed E-state index contributed by atoms with van der Waals surface area (Å²) in [5.41, 5.74) is 3.96. The third-order valence-corrected chi connectivity index (χ3v) is 10.4. The van der Waals surface area contributed by atoms with E-state index < -0.39 is 5.60 Å². The van der Waals surface area contributed by atoms with Crippen LogP contribution in [0.3, 0.4) is 0 Å². The summed E-state index contributed by atoms with van der Waals surface area (Å²) in [7, 11) is 1.83. The summed E-state index contributed by atoms with van der Waals surface area (Å²) in [6, 6.07) is 5.17. The zero-order valence-electron chi connectivity index (χ0n) is 18.5. The largest absolute Gasteiger partial charge is 0.486 e. The highest BCUT2D eigenvalue weighted by Gasteiger charge is 2.81. The first-order valence-corrected chi connectivity index (χ1v) is 12.1. The van der Waals surface area contributed by atoms with Crippen LogP contribution < -0.4 is 4.74 Å². The number of carbonyl (C=O) groups excluding carboxylic acids is 1.